The molecule has 2 N–H and O–H groups in total. The Morgan fingerprint density at radius 3 is 2.79 bits per heavy atom. The SMILES string of the molecule is CC1CSC(c2cnc(N)cn2)N1C. The first-order chi connectivity index (χ1) is 6.68. The number of rotatable bonds is 1. The molecule has 1 fully saturated rings. The van der Waals surface area contributed by atoms with E-state index in [4.69, 9.17) is 5.73 Å². The molecule has 1 aromatic rings. The van der Waals surface area contributed by atoms with E-state index in [0.29, 0.717) is 17.2 Å². The van der Waals surface area contributed by atoms with Gasteiger partial charge in [0.05, 0.1) is 18.1 Å². The molecule has 0 saturated carbocycles. The Balaban J connectivity index is 2.19. The molecule has 2 heterocycles. The van der Waals surface area contributed by atoms with Crippen molar-refractivity contribution in [3.8, 4) is 0 Å². The molecular formula is C9H14N4S. The van der Waals surface area contributed by atoms with Gasteiger partial charge < -0.3 is 5.73 Å². The summed E-state index contributed by atoms with van der Waals surface area (Å²) >= 11 is 1.90. The largest absolute Gasteiger partial charge is 0.382 e. The van der Waals surface area contributed by atoms with Crippen molar-refractivity contribution in [2.45, 2.75) is 18.3 Å². The van der Waals surface area contributed by atoms with Gasteiger partial charge in [0.15, 0.2) is 0 Å². The van der Waals surface area contributed by atoms with Crippen molar-refractivity contribution >= 4 is 17.6 Å². The predicted octanol–water partition coefficient (Wildman–Crippen LogP) is 1.12. The van der Waals surface area contributed by atoms with E-state index in [1.54, 1.807) is 12.4 Å². The van der Waals surface area contributed by atoms with E-state index in [0.717, 1.165) is 11.4 Å². The van der Waals surface area contributed by atoms with Crippen LogP contribution in [-0.2, 0) is 0 Å². The molecule has 0 radical (unpaired) electrons. The Morgan fingerprint density at radius 1 is 1.50 bits per heavy atom. The van der Waals surface area contributed by atoms with Crippen LogP contribution in [0, 0.1) is 0 Å². The fourth-order valence-corrected chi connectivity index (χ4v) is 2.90. The average Bonchev–Trinajstić information content (AvgIpc) is 2.50. The second kappa shape index (κ2) is 3.74. The highest BCUT2D eigenvalue weighted by molar-refractivity contribution is 7.99. The van der Waals surface area contributed by atoms with Crippen molar-refractivity contribution in [3.05, 3.63) is 18.1 Å². The van der Waals surface area contributed by atoms with Crippen molar-refractivity contribution < 1.29 is 0 Å². The maximum absolute atomic E-state index is 5.49. The first-order valence-electron chi connectivity index (χ1n) is 4.59. The van der Waals surface area contributed by atoms with Gasteiger partial charge in [-0.2, -0.15) is 0 Å². The highest BCUT2D eigenvalue weighted by Gasteiger charge is 2.30. The normalized spacial score (nSPS) is 28.1. The summed E-state index contributed by atoms with van der Waals surface area (Å²) in [6.07, 6.45) is 3.38. The van der Waals surface area contributed by atoms with E-state index < -0.39 is 0 Å². The molecular weight excluding hydrogens is 196 g/mol. The number of anilines is 1. The minimum atomic E-state index is 0.332. The molecule has 0 aromatic carbocycles. The number of aromatic nitrogens is 2. The highest BCUT2D eigenvalue weighted by Crippen LogP contribution is 2.38. The lowest BCUT2D eigenvalue weighted by molar-refractivity contribution is 0.278. The Morgan fingerprint density at radius 2 is 2.29 bits per heavy atom. The van der Waals surface area contributed by atoms with E-state index in [-0.39, 0.29) is 0 Å². The lowest BCUT2D eigenvalue weighted by Gasteiger charge is -2.21. The molecule has 14 heavy (non-hydrogen) atoms. The van der Waals surface area contributed by atoms with Crippen LogP contribution in [0.25, 0.3) is 0 Å². The van der Waals surface area contributed by atoms with Gasteiger partial charge in [0, 0.05) is 11.8 Å². The third-order valence-electron chi connectivity index (χ3n) is 2.51. The van der Waals surface area contributed by atoms with Gasteiger partial charge in [-0.25, -0.2) is 4.98 Å². The van der Waals surface area contributed by atoms with Gasteiger partial charge >= 0.3 is 0 Å². The monoisotopic (exact) mass is 210 g/mol. The predicted molar refractivity (Wildman–Crippen MR) is 58.9 cm³/mol. The molecule has 0 aliphatic carbocycles. The Kier molecular flexibility index (Phi) is 2.60. The Labute approximate surface area is 87.9 Å². The Hall–Kier alpha value is -0.810. The van der Waals surface area contributed by atoms with Crippen molar-refractivity contribution in [1.82, 2.24) is 14.9 Å². The first kappa shape index (κ1) is 9.73. The zero-order valence-electron chi connectivity index (χ0n) is 8.34. The summed E-state index contributed by atoms with van der Waals surface area (Å²) in [5.41, 5.74) is 6.49. The number of nitrogens with two attached hydrogens (primary N) is 1. The molecule has 1 saturated heterocycles. The van der Waals surface area contributed by atoms with Gasteiger partial charge in [-0.05, 0) is 14.0 Å². The van der Waals surface area contributed by atoms with Gasteiger partial charge in [0.1, 0.15) is 11.2 Å². The summed E-state index contributed by atoms with van der Waals surface area (Å²) in [5, 5.41) is 0.332. The van der Waals surface area contributed by atoms with Crippen LogP contribution >= 0.6 is 11.8 Å². The summed E-state index contributed by atoms with van der Waals surface area (Å²) in [6.45, 7) is 2.22. The van der Waals surface area contributed by atoms with Crippen LogP contribution in [0.2, 0.25) is 0 Å². The molecule has 1 aliphatic rings. The molecule has 76 valence electrons. The highest BCUT2D eigenvalue weighted by atomic mass is 32.2. The van der Waals surface area contributed by atoms with E-state index in [1.165, 1.54) is 0 Å². The van der Waals surface area contributed by atoms with Crippen LogP contribution < -0.4 is 5.73 Å². The molecule has 2 unspecified atom stereocenters. The van der Waals surface area contributed by atoms with Crippen LogP contribution in [0.1, 0.15) is 18.0 Å². The maximum Gasteiger partial charge on any atom is 0.141 e. The van der Waals surface area contributed by atoms with Crippen molar-refractivity contribution in [2.75, 3.05) is 18.5 Å². The third kappa shape index (κ3) is 1.69. The van der Waals surface area contributed by atoms with Crippen LogP contribution in [0.15, 0.2) is 12.4 Å². The van der Waals surface area contributed by atoms with Crippen molar-refractivity contribution in [3.63, 3.8) is 0 Å². The van der Waals surface area contributed by atoms with Gasteiger partial charge in [-0.3, -0.25) is 9.88 Å². The minimum absolute atomic E-state index is 0.332. The van der Waals surface area contributed by atoms with E-state index in [1.807, 2.05) is 11.8 Å². The number of thioether (sulfide) groups is 1. The lowest BCUT2D eigenvalue weighted by atomic mass is 10.3. The van der Waals surface area contributed by atoms with Crippen LogP contribution in [-0.4, -0.2) is 33.7 Å². The van der Waals surface area contributed by atoms with Gasteiger partial charge in [0.2, 0.25) is 0 Å². The van der Waals surface area contributed by atoms with Gasteiger partial charge in [0.25, 0.3) is 0 Å². The molecule has 0 spiro atoms. The van der Waals surface area contributed by atoms with Gasteiger partial charge in [-0.15, -0.1) is 11.8 Å². The average molecular weight is 210 g/mol. The number of nitrogen functional groups attached to an aromatic ring is 1. The maximum atomic E-state index is 5.49. The fraction of sp³-hybridized carbons (Fsp3) is 0.556. The van der Waals surface area contributed by atoms with Gasteiger partial charge in [-0.1, -0.05) is 0 Å². The summed E-state index contributed by atoms with van der Waals surface area (Å²) in [6, 6.07) is 0.601. The molecule has 2 atom stereocenters. The van der Waals surface area contributed by atoms with Crippen LogP contribution in [0.3, 0.4) is 0 Å². The summed E-state index contributed by atoms with van der Waals surface area (Å²) in [5.74, 6) is 1.63. The van der Waals surface area contributed by atoms with Crippen LogP contribution in [0.4, 0.5) is 5.82 Å². The van der Waals surface area contributed by atoms with E-state index in [9.17, 15) is 0 Å². The molecule has 1 aliphatic heterocycles. The summed E-state index contributed by atoms with van der Waals surface area (Å²) in [7, 11) is 2.12. The smallest absolute Gasteiger partial charge is 0.141 e. The van der Waals surface area contributed by atoms with Crippen LogP contribution in [0.5, 0.6) is 0 Å². The fourth-order valence-electron chi connectivity index (χ4n) is 1.47. The second-order valence-corrected chi connectivity index (χ2v) is 4.68. The zero-order chi connectivity index (χ0) is 10.1. The third-order valence-corrected chi connectivity index (χ3v) is 4.07. The zero-order valence-corrected chi connectivity index (χ0v) is 9.16. The molecule has 4 nitrogen and oxygen atoms in total. The number of hydrogen-bond donors (Lipinski definition) is 1. The lowest BCUT2D eigenvalue weighted by Crippen LogP contribution is -2.26. The standard InChI is InChI=1S/C9H14N4S/c1-6-5-14-9(13(6)2)7-3-12-8(10)4-11-7/h3-4,6,9H,5H2,1-2H3,(H2,10,12). The summed E-state index contributed by atoms with van der Waals surface area (Å²) < 4.78 is 0. The molecule has 1 aromatic heterocycles. The molecule has 5 heteroatoms. The number of hydrogen-bond acceptors (Lipinski definition) is 5. The minimum Gasteiger partial charge on any atom is -0.382 e. The molecule has 0 bridgehead atoms. The molecule has 2 rings (SSSR count). The quantitative estimate of drug-likeness (QED) is 0.753. The first-order valence-corrected chi connectivity index (χ1v) is 5.64. The van der Waals surface area contributed by atoms with Crippen molar-refractivity contribution in [2.24, 2.45) is 0 Å². The second-order valence-electron chi connectivity index (χ2n) is 3.57. The number of nitrogens with zero attached hydrogens (tertiary/aromatic N) is 3. The topological polar surface area (TPSA) is 55.0 Å². The molecule has 0 amide bonds. The Bertz CT molecular complexity index is 313. The van der Waals surface area contributed by atoms with E-state index >= 15 is 0 Å². The summed E-state index contributed by atoms with van der Waals surface area (Å²) in [4.78, 5) is 10.7. The van der Waals surface area contributed by atoms with Crippen molar-refractivity contribution in [1.29, 1.82) is 0 Å². The van der Waals surface area contributed by atoms with E-state index in [2.05, 4.69) is 28.8 Å².